The summed E-state index contributed by atoms with van der Waals surface area (Å²) < 4.78 is 40.9. The van der Waals surface area contributed by atoms with Gasteiger partial charge in [-0.15, -0.1) is 0 Å². The van der Waals surface area contributed by atoms with Crippen molar-refractivity contribution in [2.75, 3.05) is 0 Å². The minimum atomic E-state index is -4.39. The van der Waals surface area contributed by atoms with Crippen molar-refractivity contribution in [3.63, 3.8) is 0 Å². The van der Waals surface area contributed by atoms with Crippen molar-refractivity contribution < 1.29 is 27.9 Å². The maximum absolute atomic E-state index is 12.2. The van der Waals surface area contributed by atoms with Gasteiger partial charge in [0.2, 0.25) is 0 Å². The maximum atomic E-state index is 12.2. The molecule has 1 aromatic carbocycles. The molecule has 0 aromatic heterocycles. The third-order valence-electron chi connectivity index (χ3n) is 1.74. The molecular weight excluding hydrogens is 227 g/mol. The molecule has 1 rings (SSSR count). The van der Waals surface area contributed by atoms with Crippen LogP contribution in [0.25, 0.3) is 0 Å². The second-order valence-electron chi connectivity index (χ2n) is 2.88. The molecule has 0 aliphatic carbocycles. The molecule has 0 aliphatic heterocycles. The molecule has 0 unspecified atom stereocenters. The Balaban J connectivity index is 2.62. The van der Waals surface area contributed by atoms with E-state index < -0.39 is 17.8 Å². The first-order valence-corrected chi connectivity index (χ1v) is 4.16. The van der Waals surface area contributed by atoms with E-state index in [-0.39, 0.29) is 6.61 Å². The molecule has 0 aliphatic rings. The van der Waals surface area contributed by atoms with Gasteiger partial charge in [0.25, 0.3) is 0 Å². The Morgan fingerprint density at radius 2 is 1.88 bits per heavy atom. The van der Waals surface area contributed by atoms with E-state index in [0.717, 1.165) is 12.1 Å². The Labute approximate surface area is 88.6 Å². The lowest BCUT2D eigenvalue weighted by Gasteiger charge is -2.07. The third-order valence-corrected chi connectivity index (χ3v) is 1.74. The molecule has 0 saturated carbocycles. The molecule has 0 atom stereocenters. The van der Waals surface area contributed by atoms with Crippen molar-refractivity contribution in [1.29, 1.82) is 0 Å². The van der Waals surface area contributed by atoms with Gasteiger partial charge in [-0.2, -0.15) is 13.2 Å². The van der Waals surface area contributed by atoms with Gasteiger partial charge >= 0.3 is 12.3 Å². The Morgan fingerprint density at radius 3 is 2.31 bits per heavy atom. The molecule has 1 amide bonds. The fourth-order valence-electron chi connectivity index (χ4n) is 0.971. The molecule has 0 fully saturated rings. The summed E-state index contributed by atoms with van der Waals surface area (Å²) in [5, 5.41) is 8.09. The monoisotopic (exact) mass is 235 g/mol. The minimum Gasteiger partial charge on any atom is -0.443 e. The zero-order chi connectivity index (χ0) is 12.2. The number of rotatable bonds is 2. The fraction of sp³-hybridized carbons (Fsp3) is 0.222. The number of amides is 1. The molecule has 0 radical (unpaired) electrons. The van der Waals surface area contributed by atoms with Gasteiger partial charge in [-0.05, 0) is 17.7 Å². The maximum Gasteiger partial charge on any atom is 0.431 e. The SMILES string of the molecule is O=C(NO)OCc1ccc(C(F)(F)F)cc1. The molecular formula is C9H8F3NO3. The topological polar surface area (TPSA) is 58.6 Å². The van der Waals surface area contributed by atoms with Crippen molar-refractivity contribution in [2.24, 2.45) is 0 Å². The number of carbonyl (C=O) groups is 1. The van der Waals surface area contributed by atoms with Gasteiger partial charge in [0.1, 0.15) is 6.61 Å². The van der Waals surface area contributed by atoms with Gasteiger partial charge in [0.15, 0.2) is 0 Å². The number of carbonyl (C=O) groups excluding carboxylic acids is 1. The van der Waals surface area contributed by atoms with Crippen LogP contribution in [0.4, 0.5) is 18.0 Å². The lowest BCUT2D eigenvalue weighted by molar-refractivity contribution is -0.137. The lowest BCUT2D eigenvalue weighted by atomic mass is 10.1. The number of hydrogen-bond donors (Lipinski definition) is 2. The van der Waals surface area contributed by atoms with E-state index in [9.17, 15) is 18.0 Å². The summed E-state index contributed by atoms with van der Waals surface area (Å²) in [6.45, 7) is -0.218. The summed E-state index contributed by atoms with van der Waals surface area (Å²) in [6.07, 6.45) is -5.46. The zero-order valence-electron chi connectivity index (χ0n) is 7.91. The highest BCUT2D eigenvalue weighted by Crippen LogP contribution is 2.29. The molecule has 4 nitrogen and oxygen atoms in total. The molecule has 1 aromatic rings. The summed E-state index contributed by atoms with van der Waals surface area (Å²) in [5.41, 5.74) is 0.840. The highest BCUT2D eigenvalue weighted by atomic mass is 19.4. The first kappa shape index (κ1) is 12.3. The van der Waals surface area contributed by atoms with E-state index >= 15 is 0 Å². The van der Waals surface area contributed by atoms with E-state index in [4.69, 9.17) is 5.21 Å². The standard InChI is InChI=1S/C9H8F3NO3/c10-9(11,12)7-3-1-6(2-4-7)5-16-8(14)13-15/h1-4,15H,5H2,(H,13,14). The molecule has 0 heterocycles. The predicted octanol–water partition coefficient (Wildman–Crippen LogP) is 2.32. The van der Waals surface area contributed by atoms with Gasteiger partial charge < -0.3 is 4.74 Å². The number of hydrogen-bond acceptors (Lipinski definition) is 3. The highest BCUT2D eigenvalue weighted by Gasteiger charge is 2.29. The number of nitrogens with one attached hydrogen (secondary N) is 1. The first-order chi connectivity index (χ1) is 7.43. The van der Waals surface area contributed by atoms with Crippen LogP contribution in [0.2, 0.25) is 0 Å². The van der Waals surface area contributed by atoms with E-state index in [1.165, 1.54) is 17.6 Å². The Hall–Kier alpha value is -1.76. The van der Waals surface area contributed by atoms with E-state index in [1.54, 1.807) is 0 Å². The van der Waals surface area contributed by atoms with Gasteiger partial charge in [0, 0.05) is 0 Å². The van der Waals surface area contributed by atoms with Crippen LogP contribution in [-0.4, -0.2) is 11.3 Å². The molecule has 7 heteroatoms. The molecule has 0 spiro atoms. The van der Waals surface area contributed by atoms with Crippen molar-refractivity contribution >= 4 is 6.09 Å². The van der Waals surface area contributed by atoms with Crippen molar-refractivity contribution in [3.05, 3.63) is 35.4 Å². The van der Waals surface area contributed by atoms with Crippen LogP contribution in [-0.2, 0) is 17.5 Å². The van der Waals surface area contributed by atoms with Crippen LogP contribution in [0.1, 0.15) is 11.1 Å². The normalized spacial score (nSPS) is 11.0. The molecule has 2 N–H and O–H groups in total. The summed E-state index contributed by atoms with van der Waals surface area (Å²) in [4.78, 5) is 10.4. The number of alkyl halides is 3. The largest absolute Gasteiger partial charge is 0.443 e. The van der Waals surface area contributed by atoms with Crippen LogP contribution in [0.5, 0.6) is 0 Å². The number of ether oxygens (including phenoxy) is 1. The quantitative estimate of drug-likeness (QED) is 0.610. The van der Waals surface area contributed by atoms with Crippen LogP contribution in [0.3, 0.4) is 0 Å². The average Bonchev–Trinajstić information content (AvgIpc) is 2.25. The van der Waals surface area contributed by atoms with E-state index in [0.29, 0.717) is 5.56 Å². The van der Waals surface area contributed by atoms with Crippen LogP contribution >= 0.6 is 0 Å². The van der Waals surface area contributed by atoms with Gasteiger partial charge in [0.05, 0.1) is 5.56 Å². The Morgan fingerprint density at radius 1 is 1.31 bits per heavy atom. The van der Waals surface area contributed by atoms with Crippen LogP contribution in [0, 0.1) is 0 Å². The summed E-state index contributed by atoms with van der Waals surface area (Å²) in [7, 11) is 0. The highest BCUT2D eigenvalue weighted by molar-refractivity contribution is 5.65. The predicted molar refractivity (Wildman–Crippen MR) is 46.6 cm³/mol. The first-order valence-electron chi connectivity index (χ1n) is 4.16. The van der Waals surface area contributed by atoms with Crippen LogP contribution in [0.15, 0.2) is 24.3 Å². The smallest absolute Gasteiger partial charge is 0.431 e. The van der Waals surface area contributed by atoms with Gasteiger partial charge in [-0.3, -0.25) is 5.21 Å². The average molecular weight is 235 g/mol. The zero-order valence-corrected chi connectivity index (χ0v) is 7.91. The molecule has 0 saturated heterocycles. The van der Waals surface area contributed by atoms with E-state index in [2.05, 4.69) is 4.74 Å². The van der Waals surface area contributed by atoms with Crippen LogP contribution < -0.4 is 5.48 Å². The van der Waals surface area contributed by atoms with Gasteiger partial charge in [-0.25, -0.2) is 10.3 Å². The minimum absolute atomic E-state index is 0.218. The van der Waals surface area contributed by atoms with E-state index in [1.807, 2.05) is 0 Å². The summed E-state index contributed by atoms with van der Waals surface area (Å²) >= 11 is 0. The third kappa shape index (κ3) is 3.43. The fourth-order valence-corrected chi connectivity index (χ4v) is 0.971. The Kier molecular flexibility index (Phi) is 3.73. The molecule has 88 valence electrons. The van der Waals surface area contributed by atoms with Crippen molar-refractivity contribution in [3.8, 4) is 0 Å². The van der Waals surface area contributed by atoms with Crippen molar-refractivity contribution in [2.45, 2.75) is 12.8 Å². The molecule has 16 heavy (non-hydrogen) atoms. The number of halogens is 3. The van der Waals surface area contributed by atoms with Crippen molar-refractivity contribution in [1.82, 2.24) is 5.48 Å². The number of benzene rings is 1. The summed E-state index contributed by atoms with van der Waals surface area (Å²) in [5.74, 6) is 0. The molecule has 0 bridgehead atoms. The number of hydroxylamine groups is 1. The summed E-state index contributed by atoms with van der Waals surface area (Å²) in [6, 6.07) is 4.14. The second-order valence-corrected chi connectivity index (χ2v) is 2.88. The lowest BCUT2D eigenvalue weighted by Crippen LogP contribution is -2.19. The Bertz CT molecular complexity index is 361. The second kappa shape index (κ2) is 4.84. The van der Waals surface area contributed by atoms with Gasteiger partial charge in [-0.1, -0.05) is 12.1 Å².